The fraction of sp³-hybridized carbons (Fsp3) is 0.875. The molecule has 4 atom stereocenters. The Morgan fingerprint density at radius 3 is 2.47 bits per heavy atom. The van der Waals surface area contributed by atoms with E-state index in [4.69, 9.17) is 0 Å². The highest BCUT2D eigenvalue weighted by atomic mass is 32.1. The van der Waals surface area contributed by atoms with Gasteiger partial charge in [0, 0.05) is 0 Å². The topological polar surface area (TPSA) is 0 Å². The zero-order chi connectivity index (χ0) is 12.3. The Kier molecular flexibility index (Phi) is 5.02. The first kappa shape index (κ1) is 13.5. The minimum atomic E-state index is 0.803. The molecule has 0 aromatic rings. The van der Waals surface area contributed by atoms with Crippen molar-refractivity contribution in [3.05, 3.63) is 12.2 Å². The molecule has 17 heavy (non-hydrogen) atoms. The molecular weight excluding hydrogens is 224 g/mol. The fourth-order valence-electron chi connectivity index (χ4n) is 4.01. The number of thiol groups is 1. The highest BCUT2D eigenvalue weighted by Gasteiger charge is 2.40. The normalized spacial score (nSPS) is 38.1. The summed E-state index contributed by atoms with van der Waals surface area (Å²) >= 11 is 4.46. The van der Waals surface area contributed by atoms with Gasteiger partial charge in [0.25, 0.3) is 0 Å². The summed E-state index contributed by atoms with van der Waals surface area (Å²) in [4.78, 5) is 0. The van der Waals surface area contributed by atoms with Crippen molar-refractivity contribution in [1.29, 1.82) is 0 Å². The maximum absolute atomic E-state index is 4.46. The molecule has 1 fully saturated rings. The lowest BCUT2D eigenvalue weighted by Gasteiger charge is -2.46. The van der Waals surface area contributed by atoms with Crippen LogP contribution in [-0.2, 0) is 0 Å². The third-order valence-electron chi connectivity index (χ3n) is 5.10. The van der Waals surface area contributed by atoms with E-state index >= 15 is 0 Å². The molecule has 0 saturated heterocycles. The van der Waals surface area contributed by atoms with Crippen molar-refractivity contribution in [3.63, 3.8) is 0 Å². The lowest BCUT2D eigenvalue weighted by Crippen LogP contribution is -2.38. The predicted octanol–water partition coefficient (Wildman–Crippen LogP) is 4.96. The summed E-state index contributed by atoms with van der Waals surface area (Å²) in [6, 6.07) is 0. The molecule has 0 spiro atoms. The van der Waals surface area contributed by atoms with Crippen LogP contribution in [-0.4, -0.2) is 5.75 Å². The summed E-state index contributed by atoms with van der Waals surface area (Å²) in [7, 11) is 0. The summed E-state index contributed by atoms with van der Waals surface area (Å²) in [6.07, 6.45) is 13.5. The van der Waals surface area contributed by atoms with Crippen LogP contribution in [0.2, 0.25) is 0 Å². The zero-order valence-electron chi connectivity index (χ0n) is 11.4. The average Bonchev–Trinajstić information content (AvgIpc) is 2.25. The van der Waals surface area contributed by atoms with E-state index in [2.05, 4.69) is 38.6 Å². The molecule has 4 unspecified atom stereocenters. The third kappa shape index (κ3) is 2.92. The number of rotatable bonds is 5. The van der Waals surface area contributed by atoms with E-state index in [1.165, 1.54) is 38.5 Å². The van der Waals surface area contributed by atoms with Crippen LogP contribution in [0, 0.1) is 29.6 Å². The average molecular weight is 252 g/mol. The summed E-state index contributed by atoms with van der Waals surface area (Å²) < 4.78 is 0. The Morgan fingerprint density at radius 2 is 1.94 bits per heavy atom. The fourth-order valence-corrected chi connectivity index (χ4v) is 4.31. The number of hydrogen-bond donors (Lipinski definition) is 1. The second kappa shape index (κ2) is 6.31. The molecule has 2 aliphatic carbocycles. The summed E-state index contributed by atoms with van der Waals surface area (Å²) in [5, 5.41) is 0. The second-order valence-electron chi connectivity index (χ2n) is 6.14. The molecular formula is C16H28S. The Morgan fingerprint density at radius 1 is 1.18 bits per heavy atom. The van der Waals surface area contributed by atoms with E-state index in [-0.39, 0.29) is 0 Å². The van der Waals surface area contributed by atoms with Gasteiger partial charge in [-0.25, -0.2) is 0 Å². The van der Waals surface area contributed by atoms with Crippen molar-refractivity contribution < 1.29 is 0 Å². The monoisotopic (exact) mass is 252 g/mol. The van der Waals surface area contributed by atoms with Crippen molar-refractivity contribution in [3.8, 4) is 0 Å². The van der Waals surface area contributed by atoms with Crippen molar-refractivity contribution in [2.45, 2.75) is 52.4 Å². The summed E-state index contributed by atoms with van der Waals surface area (Å²) in [5.41, 5.74) is 0. The molecule has 1 heteroatoms. The molecule has 0 heterocycles. The molecule has 0 nitrogen and oxygen atoms in total. The summed E-state index contributed by atoms with van der Waals surface area (Å²) in [6.45, 7) is 4.77. The number of hydrogen-bond acceptors (Lipinski definition) is 1. The van der Waals surface area contributed by atoms with Crippen LogP contribution >= 0.6 is 12.6 Å². The minimum Gasteiger partial charge on any atom is -0.179 e. The van der Waals surface area contributed by atoms with E-state index in [0.717, 1.165) is 35.3 Å². The molecule has 0 N–H and O–H groups in total. The predicted molar refractivity (Wildman–Crippen MR) is 79.5 cm³/mol. The van der Waals surface area contributed by atoms with Crippen LogP contribution in [0.4, 0.5) is 0 Å². The van der Waals surface area contributed by atoms with Crippen LogP contribution in [0.15, 0.2) is 12.2 Å². The second-order valence-corrected chi connectivity index (χ2v) is 6.59. The van der Waals surface area contributed by atoms with Gasteiger partial charge in [0.2, 0.25) is 0 Å². The Balaban J connectivity index is 2.12. The van der Waals surface area contributed by atoms with E-state index in [9.17, 15) is 0 Å². The quantitative estimate of drug-likeness (QED) is 0.519. The van der Waals surface area contributed by atoms with Crippen LogP contribution < -0.4 is 0 Å². The zero-order valence-corrected chi connectivity index (χ0v) is 12.3. The molecule has 1 saturated carbocycles. The smallest absolute Gasteiger partial charge is 0.00922 e. The van der Waals surface area contributed by atoms with Gasteiger partial charge in [-0.2, -0.15) is 12.6 Å². The third-order valence-corrected chi connectivity index (χ3v) is 5.36. The molecule has 0 aliphatic heterocycles. The van der Waals surface area contributed by atoms with E-state index in [1.54, 1.807) is 0 Å². The first-order valence-corrected chi connectivity index (χ1v) is 8.20. The van der Waals surface area contributed by atoms with E-state index < -0.39 is 0 Å². The van der Waals surface area contributed by atoms with Gasteiger partial charge in [-0.05, 0) is 48.2 Å². The van der Waals surface area contributed by atoms with Gasteiger partial charge in [0.15, 0.2) is 0 Å². The number of allylic oxidation sites excluding steroid dienone is 2. The molecule has 0 aromatic carbocycles. The van der Waals surface area contributed by atoms with Gasteiger partial charge in [0.05, 0.1) is 0 Å². The van der Waals surface area contributed by atoms with Gasteiger partial charge < -0.3 is 0 Å². The molecule has 2 aliphatic rings. The molecule has 0 radical (unpaired) electrons. The highest BCUT2D eigenvalue weighted by Crippen LogP contribution is 2.48. The lowest BCUT2D eigenvalue weighted by atomic mass is 9.59. The molecule has 2 rings (SSSR count). The Labute approximate surface area is 113 Å². The van der Waals surface area contributed by atoms with Crippen molar-refractivity contribution in [2.75, 3.05) is 5.75 Å². The Hall–Kier alpha value is 0.0900. The first-order valence-electron chi connectivity index (χ1n) is 7.57. The molecule has 98 valence electrons. The Bertz CT molecular complexity index is 254. The molecule has 0 aromatic heterocycles. The van der Waals surface area contributed by atoms with Crippen LogP contribution in [0.3, 0.4) is 0 Å². The van der Waals surface area contributed by atoms with E-state index in [1.807, 2.05) is 0 Å². The lowest BCUT2D eigenvalue weighted by molar-refractivity contribution is 0.0686. The largest absolute Gasteiger partial charge is 0.179 e. The van der Waals surface area contributed by atoms with Gasteiger partial charge in [0.1, 0.15) is 0 Å². The SMILES string of the molecule is CCCC1C(C)C=CC(CCS)C1C1CCC1. The standard InChI is InChI=1S/C16H28S/c1-3-5-15-12(2)8-9-14(10-11-17)16(15)13-6-4-7-13/h8-9,12-17H,3-7,10-11H2,1-2H3. The summed E-state index contributed by atoms with van der Waals surface area (Å²) in [5.74, 6) is 5.62. The van der Waals surface area contributed by atoms with Crippen molar-refractivity contribution in [2.24, 2.45) is 29.6 Å². The van der Waals surface area contributed by atoms with Gasteiger partial charge >= 0.3 is 0 Å². The van der Waals surface area contributed by atoms with Gasteiger partial charge in [-0.3, -0.25) is 0 Å². The maximum Gasteiger partial charge on any atom is -0.00922 e. The minimum absolute atomic E-state index is 0.803. The first-order chi connectivity index (χ1) is 8.27. The van der Waals surface area contributed by atoms with Crippen molar-refractivity contribution >= 4 is 12.6 Å². The van der Waals surface area contributed by atoms with Crippen LogP contribution in [0.5, 0.6) is 0 Å². The molecule has 0 amide bonds. The van der Waals surface area contributed by atoms with Crippen LogP contribution in [0.1, 0.15) is 52.4 Å². The van der Waals surface area contributed by atoms with Crippen LogP contribution in [0.25, 0.3) is 0 Å². The van der Waals surface area contributed by atoms with Gasteiger partial charge in [-0.15, -0.1) is 0 Å². The van der Waals surface area contributed by atoms with Crippen molar-refractivity contribution in [1.82, 2.24) is 0 Å². The molecule has 0 bridgehead atoms. The highest BCUT2D eigenvalue weighted by molar-refractivity contribution is 7.80. The van der Waals surface area contributed by atoms with Gasteiger partial charge in [-0.1, -0.05) is 51.7 Å². The van der Waals surface area contributed by atoms with E-state index in [0.29, 0.717) is 0 Å². The maximum atomic E-state index is 4.46.